The summed E-state index contributed by atoms with van der Waals surface area (Å²) in [5, 5.41) is 2.72. The van der Waals surface area contributed by atoms with E-state index in [-0.39, 0.29) is 5.91 Å². The molecule has 0 aliphatic rings. The van der Waals surface area contributed by atoms with Crippen LogP contribution < -0.4 is 5.32 Å². The normalized spacial score (nSPS) is 11.3. The van der Waals surface area contributed by atoms with Gasteiger partial charge in [0, 0.05) is 13.0 Å². The Labute approximate surface area is 158 Å². The highest BCUT2D eigenvalue weighted by Crippen LogP contribution is 1.95. The summed E-state index contributed by atoms with van der Waals surface area (Å²) in [7, 11) is 0. The van der Waals surface area contributed by atoms with Gasteiger partial charge >= 0.3 is 0 Å². The van der Waals surface area contributed by atoms with Crippen molar-refractivity contribution >= 4 is 12.1 Å². The highest BCUT2D eigenvalue weighted by Gasteiger charge is 1.98. The Morgan fingerprint density at radius 3 is 2.00 bits per heavy atom. The van der Waals surface area contributed by atoms with Gasteiger partial charge in [0.05, 0.1) is 59.4 Å². The average Bonchev–Trinajstić information content (AvgIpc) is 2.64. The summed E-state index contributed by atoms with van der Waals surface area (Å²) in [4.78, 5) is 15.5. The van der Waals surface area contributed by atoms with Crippen molar-refractivity contribution in [3.8, 4) is 0 Å². The van der Waals surface area contributed by atoms with Crippen molar-refractivity contribution in [1.82, 2.24) is 5.32 Å². The molecule has 26 heavy (non-hydrogen) atoms. The highest BCUT2D eigenvalue weighted by atomic mass is 16.6. The molecular formula is C19H38N2O5. The van der Waals surface area contributed by atoms with Crippen LogP contribution in [0.2, 0.25) is 0 Å². The lowest BCUT2D eigenvalue weighted by molar-refractivity contribution is -0.122. The van der Waals surface area contributed by atoms with Gasteiger partial charge in [-0.05, 0) is 26.0 Å². The van der Waals surface area contributed by atoms with E-state index in [4.69, 9.17) is 18.9 Å². The third-order valence-electron chi connectivity index (χ3n) is 3.39. The maximum atomic E-state index is 11.2. The summed E-state index contributed by atoms with van der Waals surface area (Å²) in [6, 6.07) is 0. The van der Waals surface area contributed by atoms with Crippen molar-refractivity contribution in [3.05, 3.63) is 0 Å². The topological polar surface area (TPSA) is 78.4 Å². The number of aliphatic imine (C=N–C) groups is 1. The number of carbonyl (C=O) groups is 1. The number of hydrogen-bond acceptors (Lipinski definition) is 6. The molecule has 0 radical (unpaired) electrons. The van der Waals surface area contributed by atoms with Crippen molar-refractivity contribution in [2.24, 2.45) is 4.99 Å². The minimum atomic E-state index is 0.0165. The van der Waals surface area contributed by atoms with E-state index in [2.05, 4.69) is 17.2 Å². The van der Waals surface area contributed by atoms with Crippen LogP contribution in [0.25, 0.3) is 0 Å². The molecule has 0 unspecified atom stereocenters. The second kappa shape index (κ2) is 22.0. The first kappa shape index (κ1) is 25.0. The van der Waals surface area contributed by atoms with Crippen LogP contribution in [0.1, 0.15) is 46.0 Å². The van der Waals surface area contributed by atoms with Gasteiger partial charge in [0.2, 0.25) is 5.91 Å². The molecule has 1 N–H and O–H groups in total. The van der Waals surface area contributed by atoms with Crippen LogP contribution in [-0.2, 0) is 23.7 Å². The molecule has 0 bridgehead atoms. The van der Waals surface area contributed by atoms with Crippen LogP contribution in [0.5, 0.6) is 0 Å². The second-order valence-electron chi connectivity index (χ2n) is 5.74. The largest absolute Gasteiger partial charge is 0.379 e. The van der Waals surface area contributed by atoms with E-state index in [0.717, 1.165) is 13.0 Å². The van der Waals surface area contributed by atoms with Crippen LogP contribution >= 0.6 is 0 Å². The molecule has 0 aromatic rings. The van der Waals surface area contributed by atoms with Crippen LogP contribution in [-0.4, -0.2) is 78.1 Å². The fourth-order valence-electron chi connectivity index (χ4n) is 2.00. The third-order valence-corrected chi connectivity index (χ3v) is 3.39. The summed E-state index contributed by atoms with van der Waals surface area (Å²) >= 11 is 0. The Morgan fingerprint density at radius 1 is 0.846 bits per heavy atom. The van der Waals surface area contributed by atoms with Crippen molar-refractivity contribution in [1.29, 1.82) is 0 Å². The Kier molecular flexibility index (Phi) is 21.2. The summed E-state index contributed by atoms with van der Waals surface area (Å²) in [6.45, 7) is 9.73. The van der Waals surface area contributed by atoms with E-state index < -0.39 is 0 Å². The smallest absolute Gasteiger partial charge is 0.222 e. The molecule has 0 fully saturated rings. The lowest BCUT2D eigenvalue weighted by Gasteiger charge is -2.07. The number of rotatable bonds is 20. The molecule has 0 aliphatic carbocycles. The molecule has 0 spiro atoms. The fourth-order valence-corrected chi connectivity index (χ4v) is 2.00. The Bertz CT molecular complexity index is 327. The van der Waals surface area contributed by atoms with E-state index in [1.165, 1.54) is 19.3 Å². The number of hydrogen-bond donors (Lipinski definition) is 1. The van der Waals surface area contributed by atoms with E-state index in [1.54, 1.807) is 0 Å². The van der Waals surface area contributed by atoms with Crippen LogP contribution in [0.4, 0.5) is 0 Å². The van der Waals surface area contributed by atoms with Crippen LogP contribution in [0, 0.1) is 0 Å². The zero-order valence-corrected chi connectivity index (χ0v) is 16.7. The molecule has 1 amide bonds. The summed E-state index contributed by atoms with van der Waals surface area (Å²) in [6.07, 6.45) is 7.19. The van der Waals surface area contributed by atoms with E-state index in [1.807, 2.05) is 13.1 Å². The molecule has 0 saturated carbocycles. The molecular weight excluding hydrogens is 336 g/mol. The van der Waals surface area contributed by atoms with Gasteiger partial charge in [-0.1, -0.05) is 19.8 Å². The predicted molar refractivity (Wildman–Crippen MR) is 104 cm³/mol. The first-order valence-corrected chi connectivity index (χ1v) is 9.87. The monoisotopic (exact) mass is 374 g/mol. The Hall–Kier alpha value is -1.02. The lowest BCUT2D eigenvalue weighted by atomic mass is 10.2. The van der Waals surface area contributed by atoms with Gasteiger partial charge in [0.25, 0.3) is 0 Å². The van der Waals surface area contributed by atoms with Crippen LogP contribution in [0.3, 0.4) is 0 Å². The maximum absolute atomic E-state index is 11.2. The van der Waals surface area contributed by atoms with Gasteiger partial charge in [-0.3, -0.25) is 9.79 Å². The van der Waals surface area contributed by atoms with Crippen LogP contribution in [0.15, 0.2) is 4.99 Å². The predicted octanol–water partition coefficient (Wildman–Crippen LogP) is 2.23. The summed E-state index contributed by atoms with van der Waals surface area (Å²) in [5.74, 6) is 0.0165. The summed E-state index contributed by atoms with van der Waals surface area (Å²) < 4.78 is 21.5. The van der Waals surface area contributed by atoms with Gasteiger partial charge in [-0.2, -0.15) is 0 Å². The zero-order valence-electron chi connectivity index (χ0n) is 16.7. The standard InChI is InChI=1S/C19H38N2O5/c1-3-5-6-7-9-20-10-12-24-14-16-26-18-17-25-15-13-23-11-8-19(22)21-4-2/h9H,3-8,10-18H2,1-2H3,(H,21,22). The van der Waals surface area contributed by atoms with E-state index in [0.29, 0.717) is 65.8 Å². The molecule has 0 saturated heterocycles. The molecule has 0 rings (SSSR count). The maximum Gasteiger partial charge on any atom is 0.222 e. The second-order valence-corrected chi connectivity index (χ2v) is 5.74. The molecule has 0 aromatic carbocycles. The van der Waals surface area contributed by atoms with E-state index in [9.17, 15) is 4.79 Å². The van der Waals surface area contributed by atoms with Crippen molar-refractivity contribution in [2.75, 3.05) is 65.9 Å². The van der Waals surface area contributed by atoms with Gasteiger partial charge in [-0.15, -0.1) is 0 Å². The molecule has 0 aromatic heterocycles. The average molecular weight is 375 g/mol. The Morgan fingerprint density at radius 2 is 1.42 bits per heavy atom. The van der Waals surface area contributed by atoms with Gasteiger partial charge in [-0.25, -0.2) is 0 Å². The van der Waals surface area contributed by atoms with Crippen molar-refractivity contribution in [2.45, 2.75) is 46.0 Å². The van der Waals surface area contributed by atoms with Gasteiger partial charge in [0.1, 0.15) is 0 Å². The van der Waals surface area contributed by atoms with Gasteiger partial charge in [0.15, 0.2) is 0 Å². The number of carbonyl (C=O) groups excluding carboxylic acids is 1. The first-order chi connectivity index (χ1) is 12.8. The molecule has 7 nitrogen and oxygen atoms in total. The molecule has 154 valence electrons. The zero-order chi connectivity index (χ0) is 19.1. The molecule has 0 atom stereocenters. The lowest BCUT2D eigenvalue weighted by Crippen LogP contribution is -2.24. The fraction of sp³-hybridized carbons (Fsp3) is 0.895. The summed E-state index contributed by atoms with van der Waals surface area (Å²) in [5.41, 5.74) is 0. The van der Waals surface area contributed by atoms with Crippen molar-refractivity contribution < 1.29 is 23.7 Å². The quantitative estimate of drug-likeness (QED) is 0.261. The number of nitrogens with zero attached hydrogens (tertiary/aromatic N) is 1. The molecule has 0 aliphatic heterocycles. The number of unbranched alkanes of at least 4 members (excludes halogenated alkanes) is 3. The number of amides is 1. The third kappa shape index (κ3) is 21.0. The molecule has 0 heterocycles. The highest BCUT2D eigenvalue weighted by molar-refractivity contribution is 5.75. The number of ether oxygens (including phenoxy) is 4. The molecule has 7 heteroatoms. The number of nitrogens with one attached hydrogen (secondary N) is 1. The van der Waals surface area contributed by atoms with E-state index >= 15 is 0 Å². The minimum absolute atomic E-state index is 0.0165. The Balaban J connectivity index is 3.08. The van der Waals surface area contributed by atoms with Gasteiger partial charge < -0.3 is 24.3 Å². The first-order valence-electron chi connectivity index (χ1n) is 9.87. The minimum Gasteiger partial charge on any atom is -0.379 e. The van der Waals surface area contributed by atoms with Crippen molar-refractivity contribution in [3.63, 3.8) is 0 Å². The SMILES string of the molecule is CCCCCC=NCCOCCOCCOCCOCCC(=O)NCC.